The Labute approximate surface area is 166 Å². The quantitative estimate of drug-likeness (QED) is 0.590. The molecule has 0 saturated heterocycles. The molecular formula is C19H20ClF2N5O. The van der Waals surface area contributed by atoms with Crippen LogP contribution in [0, 0.1) is 0 Å². The van der Waals surface area contributed by atoms with Crippen molar-refractivity contribution in [3.8, 4) is 11.5 Å². The number of alkyl halides is 2. The van der Waals surface area contributed by atoms with Gasteiger partial charge in [-0.25, -0.2) is 9.97 Å². The normalized spacial score (nSPS) is 14.8. The van der Waals surface area contributed by atoms with Crippen molar-refractivity contribution in [2.24, 2.45) is 0 Å². The van der Waals surface area contributed by atoms with Gasteiger partial charge in [-0.05, 0) is 37.0 Å². The number of rotatable bonds is 5. The Morgan fingerprint density at radius 2 is 1.86 bits per heavy atom. The Bertz CT molecular complexity index is 913. The maximum atomic E-state index is 12.5. The van der Waals surface area contributed by atoms with E-state index in [-0.39, 0.29) is 11.4 Å². The van der Waals surface area contributed by atoms with E-state index in [1.165, 1.54) is 12.4 Å². The summed E-state index contributed by atoms with van der Waals surface area (Å²) in [5.74, 6) is -0.335. The van der Waals surface area contributed by atoms with Crippen molar-refractivity contribution in [3.05, 3.63) is 53.1 Å². The van der Waals surface area contributed by atoms with Crippen LogP contribution in [0.5, 0.6) is 0 Å². The minimum atomic E-state index is -2.81. The number of benzene rings is 1. The summed E-state index contributed by atoms with van der Waals surface area (Å²) in [4.78, 5) is 8.51. The zero-order valence-corrected chi connectivity index (χ0v) is 16.2. The van der Waals surface area contributed by atoms with Crippen LogP contribution < -0.4 is 5.32 Å². The van der Waals surface area contributed by atoms with Crippen LogP contribution in [0.1, 0.15) is 51.0 Å². The number of nitrogens with one attached hydrogen (secondary N) is 1. The summed E-state index contributed by atoms with van der Waals surface area (Å²) in [5, 5.41) is 10.9. The predicted octanol–water partition coefficient (Wildman–Crippen LogP) is 5.64. The lowest BCUT2D eigenvalue weighted by molar-refractivity contribution is 0.116. The maximum Gasteiger partial charge on any atom is 0.314 e. The molecule has 28 heavy (non-hydrogen) atoms. The lowest BCUT2D eigenvalue weighted by Crippen LogP contribution is -2.42. The molecule has 0 aliphatic heterocycles. The van der Waals surface area contributed by atoms with E-state index in [0.717, 1.165) is 24.8 Å². The minimum Gasteiger partial charge on any atom is -0.415 e. The Morgan fingerprint density at radius 1 is 1.14 bits per heavy atom. The Kier molecular flexibility index (Phi) is 6.18. The molecule has 0 unspecified atom stereocenters. The molecule has 0 spiro atoms. The zero-order valence-electron chi connectivity index (χ0n) is 15.5. The number of halogens is 3. The highest BCUT2D eigenvalue weighted by molar-refractivity contribution is 6.30. The summed E-state index contributed by atoms with van der Waals surface area (Å²) in [6.45, 7) is 4.00. The third kappa shape index (κ3) is 4.11. The van der Waals surface area contributed by atoms with Crippen molar-refractivity contribution >= 4 is 17.5 Å². The molecule has 0 radical (unpaired) electrons. The average molecular weight is 408 g/mol. The smallest absolute Gasteiger partial charge is 0.314 e. The third-order valence-corrected chi connectivity index (χ3v) is 4.70. The van der Waals surface area contributed by atoms with Gasteiger partial charge in [0.1, 0.15) is 0 Å². The van der Waals surface area contributed by atoms with Gasteiger partial charge in [-0.3, -0.25) is 0 Å². The van der Waals surface area contributed by atoms with Gasteiger partial charge in [0.2, 0.25) is 5.95 Å². The number of hydrogen-bond acceptors (Lipinski definition) is 6. The highest BCUT2D eigenvalue weighted by atomic mass is 35.5. The molecule has 2 aromatic heterocycles. The number of aromatic nitrogens is 4. The van der Waals surface area contributed by atoms with E-state index in [2.05, 4.69) is 25.5 Å². The highest BCUT2D eigenvalue weighted by Crippen LogP contribution is 2.44. The molecule has 6 nitrogen and oxygen atoms in total. The van der Waals surface area contributed by atoms with Crippen molar-refractivity contribution in [2.75, 3.05) is 5.32 Å². The first-order valence-corrected chi connectivity index (χ1v) is 9.42. The van der Waals surface area contributed by atoms with Gasteiger partial charge in [0.15, 0.2) is 0 Å². The van der Waals surface area contributed by atoms with Gasteiger partial charge >= 0.3 is 6.43 Å². The van der Waals surface area contributed by atoms with Gasteiger partial charge in [0.05, 0.1) is 11.1 Å². The maximum absolute atomic E-state index is 12.5. The van der Waals surface area contributed by atoms with Crippen molar-refractivity contribution in [2.45, 2.75) is 45.1 Å². The van der Waals surface area contributed by atoms with Crippen molar-refractivity contribution in [1.82, 2.24) is 20.2 Å². The number of hydrogen-bond donors (Lipinski definition) is 1. The first kappa shape index (κ1) is 20.1. The fourth-order valence-corrected chi connectivity index (χ4v) is 3.15. The van der Waals surface area contributed by atoms with Gasteiger partial charge in [-0.2, -0.15) is 8.78 Å². The van der Waals surface area contributed by atoms with E-state index in [0.29, 0.717) is 16.5 Å². The number of anilines is 1. The van der Waals surface area contributed by atoms with E-state index in [1.807, 2.05) is 38.1 Å². The SMILES string of the molecule is CC.FC(F)c1nnc(-c2cnc(NC3(c4cccc(Cl)c4)CCC3)nc2)o1. The summed E-state index contributed by atoms with van der Waals surface area (Å²) >= 11 is 6.11. The molecule has 1 aliphatic carbocycles. The zero-order chi connectivity index (χ0) is 20.1. The summed E-state index contributed by atoms with van der Waals surface area (Å²) in [7, 11) is 0. The van der Waals surface area contributed by atoms with E-state index < -0.39 is 12.3 Å². The monoisotopic (exact) mass is 407 g/mol. The van der Waals surface area contributed by atoms with Crippen LogP contribution in [-0.2, 0) is 5.54 Å². The summed E-state index contributed by atoms with van der Waals surface area (Å²) < 4.78 is 30.0. The van der Waals surface area contributed by atoms with Gasteiger partial charge in [-0.1, -0.05) is 37.6 Å². The largest absolute Gasteiger partial charge is 0.415 e. The molecule has 0 bridgehead atoms. The Hall–Kier alpha value is -2.61. The summed E-state index contributed by atoms with van der Waals surface area (Å²) in [6, 6.07) is 7.71. The molecule has 4 rings (SSSR count). The topological polar surface area (TPSA) is 76.7 Å². The molecule has 3 aromatic rings. The van der Waals surface area contributed by atoms with Crippen molar-refractivity contribution in [3.63, 3.8) is 0 Å². The highest BCUT2D eigenvalue weighted by Gasteiger charge is 2.39. The molecular weight excluding hydrogens is 388 g/mol. The van der Waals surface area contributed by atoms with Crippen LogP contribution in [-0.4, -0.2) is 20.2 Å². The third-order valence-electron chi connectivity index (χ3n) is 4.46. The first-order chi connectivity index (χ1) is 13.6. The van der Waals surface area contributed by atoms with Crippen LogP contribution in [0.4, 0.5) is 14.7 Å². The van der Waals surface area contributed by atoms with Gasteiger partial charge < -0.3 is 9.73 Å². The molecule has 148 valence electrons. The second-order valence-corrected chi connectivity index (χ2v) is 6.55. The Balaban J connectivity index is 0.00000109. The van der Waals surface area contributed by atoms with E-state index in [1.54, 1.807) is 0 Å². The number of nitrogens with zero attached hydrogens (tertiary/aromatic N) is 4. The minimum absolute atomic E-state index is 0.0416. The molecule has 2 heterocycles. The van der Waals surface area contributed by atoms with E-state index >= 15 is 0 Å². The molecule has 1 fully saturated rings. The van der Waals surface area contributed by atoms with Crippen LogP contribution in [0.25, 0.3) is 11.5 Å². The van der Waals surface area contributed by atoms with Gasteiger partial charge in [0, 0.05) is 17.4 Å². The van der Waals surface area contributed by atoms with E-state index in [4.69, 9.17) is 16.0 Å². The molecule has 0 amide bonds. The fourth-order valence-electron chi connectivity index (χ4n) is 2.96. The molecule has 9 heteroatoms. The van der Waals surface area contributed by atoms with Crippen LogP contribution >= 0.6 is 11.6 Å². The molecule has 1 saturated carbocycles. The molecule has 0 atom stereocenters. The summed E-state index contributed by atoms with van der Waals surface area (Å²) in [5.41, 5.74) is 1.21. The first-order valence-electron chi connectivity index (χ1n) is 9.04. The van der Waals surface area contributed by atoms with E-state index in [9.17, 15) is 8.78 Å². The Morgan fingerprint density at radius 3 is 2.39 bits per heavy atom. The van der Waals surface area contributed by atoms with Gasteiger partial charge in [0.25, 0.3) is 11.8 Å². The van der Waals surface area contributed by atoms with Crippen LogP contribution in [0.3, 0.4) is 0 Å². The van der Waals surface area contributed by atoms with Crippen LogP contribution in [0.15, 0.2) is 41.1 Å². The standard InChI is InChI=1S/C17H14ClF2N5O.C2H6/c18-12-4-1-3-11(7-12)17(5-2-6-17)23-16-21-8-10(9-22-16)14-24-25-15(26-14)13(19)20;1-2/h1,3-4,7-9,13H,2,5-6H2,(H,21,22,23);1-2H3. The molecule has 1 aromatic carbocycles. The van der Waals surface area contributed by atoms with Gasteiger partial charge in [-0.15, -0.1) is 10.2 Å². The summed E-state index contributed by atoms with van der Waals surface area (Å²) in [6.07, 6.45) is 3.09. The molecule has 1 N–H and O–H groups in total. The lowest BCUT2D eigenvalue weighted by atomic mass is 9.72. The fraction of sp³-hybridized carbons (Fsp3) is 0.368. The predicted molar refractivity (Wildman–Crippen MR) is 102 cm³/mol. The molecule has 1 aliphatic rings. The second-order valence-electron chi connectivity index (χ2n) is 6.11. The van der Waals surface area contributed by atoms with Crippen LogP contribution in [0.2, 0.25) is 5.02 Å². The van der Waals surface area contributed by atoms with Crippen molar-refractivity contribution in [1.29, 1.82) is 0 Å². The average Bonchev–Trinajstić information content (AvgIpc) is 3.17. The van der Waals surface area contributed by atoms with Crippen molar-refractivity contribution < 1.29 is 13.2 Å². The second kappa shape index (κ2) is 8.60. The lowest BCUT2D eigenvalue weighted by Gasteiger charge is -2.43.